The number of sulfonamides is 1. The number of nitrogens with zero attached hydrogens (tertiary/aromatic N) is 5. The monoisotopic (exact) mass is 994 g/mol. The van der Waals surface area contributed by atoms with Gasteiger partial charge >= 0.3 is 30.1 Å². The molecule has 2 aliphatic rings. The molecule has 0 amide bonds. The second kappa shape index (κ2) is 21.3. The molecule has 2 aromatic heterocycles. The van der Waals surface area contributed by atoms with E-state index in [1.807, 2.05) is 26.0 Å². The third-order valence-electron chi connectivity index (χ3n) is 9.08. The van der Waals surface area contributed by atoms with Crippen LogP contribution in [0.1, 0.15) is 79.8 Å². The summed E-state index contributed by atoms with van der Waals surface area (Å²) in [6.45, 7) is 6.31. The maximum atomic E-state index is 12.7. The maximum absolute atomic E-state index is 12.7. The van der Waals surface area contributed by atoms with Gasteiger partial charge in [0.25, 0.3) is 0 Å². The minimum absolute atomic E-state index is 0.105. The first-order valence-electron chi connectivity index (χ1n) is 17.8. The van der Waals surface area contributed by atoms with E-state index in [9.17, 15) is 43.2 Å². The molecule has 0 spiro atoms. The van der Waals surface area contributed by atoms with Crippen LogP contribution in [0.5, 0.6) is 11.5 Å². The smallest absolute Gasteiger partial charge is 0.488 e. The molecule has 2 aliphatic heterocycles. The maximum Gasteiger partial charge on any atom is 0.511 e. The number of halogens is 9. The number of rotatable bonds is 9. The number of hydrogen-bond donors (Lipinski definition) is 1. The van der Waals surface area contributed by atoms with Crippen molar-refractivity contribution in [3.63, 3.8) is 0 Å². The Bertz CT molecular complexity index is 2460. The number of benzene rings is 2. The zero-order valence-corrected chi connectivity index (χ0v) is 37.4. The van der Waals surface area contributed by atoms with Crippen molar-refractivity contribution in [1.29, 1.82) is 10.5 Å². The zero-order valence-electron chi connectivity index (χ0n) is 31.9. The average molecular weight is 996 g/mol. The Morgan fingerprint density at radius 1 is 0.754 bits per heavy atom. The summed E-state index contributed by atoms with van der Waals surface area (Å²) in [5.74, 6) is 1.63. The van der Waals surface area contributed by atoms with Gasteiger partial charge in [0.15, 0.2) is 0 Å². The molecular weight excluding hydrogens is 961 g/mol. The molecule has 0 atom stereocenters. The number of nitrogens with one attached hydrogen (secondary N) is 1. The lowest BCUT2D eigenvalue weighted by Gasteiger charge is -2.30. The number of aromatic nitrogens is 2. The van der Waals surface area contributed by atoms with Crippen molar-refractivity contribution >= 4 is 75.6 Å². The van der Waals surface area contributed by atoms with Crippen molar-refractivity contribution in [3.8, 4) is 23.6 Å². The first kappa shape index (κ1) is 50.2. The largest absolute Gasteiger partial charge is 0.511 e. The first-order chi connectivity index (χ1) is 28.4. The molecule has 0 aliphatic carbocycles. The minimum atomic E-state index is -5.37. The number of alkyl halides is 6. The normalized spacial score (nSPS) is 15.7. The highest BCUT2D eigenvalue weighted by molar-refractivity contribution is 8.14. The number of thiazole rings is 2. The van der Waals surface area contributed by atoms with Crippen LogP contribution >= 0.6 is 56.6 Å². The third-order valence-corrected chi connectivity index (χ3v) is 15.0. The summed E-state index contributed by atoms with van der Waals surface area (Å²) < 4.78 is 124. The van der Waals surface area contributed by atoms with Gasteiger partial charge in [0.2, 0.25) is 0 Å². The minimum Gasteiger partial charge on any atom is -0.488 e. The Morgan fingerprint density at radius 3 is 1.49 bits per heavy atom. The van der Waals surface area contributed by atoms with E-state index in [1.165, 1.54) is 16.3 Å². The van der Waals surface area contributed by atoms with Gasteiger partial charge in [-0.3, -0.25) is 0 Å². The summed E-state index contributed by atoms with van der Waals surface area (Å²) in [7, 11) is -6.80. The molecule has 4 heterocycles. The molecule has 12 nitrogen and oxygen atoms in total. The summed E-state index contributed by atoms with van der Waals surface area (Å²) in [6.07, 6.45) is 2.85. The Kier molecular flexibility index (Phi) is 17.5. The van der Waals surface area contributed by atoms with E-state index in [0.29, 0.717) is 44.5 Å². The zero-order chi connectivity index (χ0) is 45.3. The van der Waals surface area contributed by atoms with Gasteiger partial charge in [-0.15, -0.1) is 22.7 Å². The highest BCUT2D eigenvalue weighted by atomic mass is 35.7. The van der Waals surface area contributed by atoms with Crippen LogP contribution in [0.3, 0.4) is 0 Å². The summed E-state index contributed by atoms with van der Waals surface area (Å²) in [4.78, 5) is 11.2. The molecule has 0 bridgehead atoms. The number of piperidine rings is 2. The van der Waals surface area contributed by atoms with Gasteiger partial charge in [-0.25, -0.2) is 26.8 Å². The fourth-order valence-electron chi connectivity index (χ4n) is 5.73. The van der Waals surface area contributed by atoms with E-state index >= 15 is 0 Å². The van der Waals surface area contributed by atoms with Crippen molar-refractivity contribution < 1.29 is 52.7 Å². The van der Waals surface area contributed by atoms with Gasteiger partial charge in [0.05, 0.1) is 52.3 Å². The lowest BCUT2D eigenvalue weighted by molar-refractivity contribution is -0.0495. The highest BCUT2D eigenvalue weighted by Crippen LogP contribution is 2.37. The van der Waals surface area contributed by atoms with Gasteiger partial charge < -0.3 is 14.8 Å². The topological polar surface area (TPSA) is 175 Å². The molecule has 1 N–H and O–H groups in total. The number of nitriles is 2. The van der Waals surface area contributed by atoms with Crippen LogP contribution in [-0.2, 0) is 32.3 Å². The van der Waals surface area contributed by atoms with E-state index < -0.39 is 30.1 Å². The summed E-state index contributed by atoms with van der Waals surface area (Å²) in [5, 5.41) is 23.9. The predicted molar refractivity (Wildman–Crippen MR) is 219 cm³/mol. The van der Waals surface area contributed by atoms with E-state index in [-0.39, 0.29) is 43.5 Å². The van der Waals surface area contributed by atoms with E-state index in [0.717, 1.165) is 52.1 Å². The van der Waals surface area contributed by atoms with Gasteiger partial charge in [-0.05, 0) is 76.9 Å². The molecule has 61 heavy (non-hydrogen) atoms. The fourth-order valence-corrected chi connectivity index (χ4v) is 9.43. The Balaban J connectivity index is 0.000000233. The Morgan fingerprint density at radius 2 is 1.15 bits per heavy atom. The van der Waals surface area contributed by atoms with Crippen LogP contribution in [0.15, 0.2) is 36.4 Å². The van der Waals surface area contributed by atoms with Crippen molar-refractivity contribution in [1.82, 2.24) is 19.6 Å². The second-order valence-corrected chi connectivity index (χ2v) is 20.8. The molecule has 0 saturated carbocycles. The number of hydrogen-bond acceptors (Lipinski definition) is 13. The third kappa shape index (κ3) is 13.8. The van der Waals surface area contributed by atoms with Crippen molar-refractivity contribution in [2.24, 2.45) is 0 Å². The molecule has 2 saturated heterocycles. The molecule has 0 unspecified atom stereocenters. The van der Waals surface area contributed by atoms with E-state index in [4.69, 9.17) is 48.2 Å². The molecular formula is C36H35Cl3F6N6O6S4. The molecule has 25 heteroatoms. The molecule has 332 valence electrons. The Hall–Kier alpha value is -3.45. The van der Waals surface area contributed by atoms with Gasteiger partial charge in [0.1, 0.15) is 36.9 Å². The van der Waals surface area contributed by atoms with Gasteiger partial charge in [-0.2, -0.15) is 41.2 Å². The SMILES string of the molecule is Cc1nc(C2CCN(S(=O)(=O)C(F)(F)F)CC2)sc1COc1ccc(C#N)c(Cl)c1.Cc1nc(C2CCNCC2)sc1COc1ccc(C#N)c(Cl)c1.O=S(=O)(Cl)C(F)(F)F. The van der Waals surface area contributed by atoms with Crippen molar-refractivity contribution in [2.75, 3.05) is 26.2 Å². The molecule has 2 fully saturated rings. The van der Waals surface area contributed by atoms with Crippen LogP contribution < -0.4 is 14.8 Å². The predicted octanol–water partition coefficient (Wildman–Crippen LogP) is 9.68. The second-order valence-electron chi connectivity index (χ2n) is 13.2. The highest BCUT2D eigenvalue weighted by Gasteiger charge is 2.50. The summed E-state index contributed by atoms with van der Waals surface area (Å²) in [6, 6.07) is 13.9. The van der Waals surface area contributed by atoms with Crippen molar-refractivity contribution in [3.05, 3.63) is 88.7 Å². The van der Waals surface area contributed by atoms with Crippen LogP contribution in [0.2, 0.25) is 10.0 Å². The van der Waals surface area contributed by atoms with Crippen molar-refractivity contribution in [2.45, 2.75) is 75.6 Å². The van der Waals surface area contributed by atoms with Gasteiger partial charge in [0, 0.05) is 47.7 Å². The van der Waals surface area contributed by atoms with E-state index in [2.05, 4.69) is 21.0 Å². The number of aryl methyl sites for hydroxylation is 2. The fraction of sp³-hybridized carbons (Fsp3) is 0.444. The average Bonchev–Trinajstić information content (AvgIpc) is 3.77. The van der Waals surface area contributed by atoms with Crippen LogP contribution in [0.25, 0.3) is 0 Å². The molecule has 0 radical (unpaired) electrons. The number of ether oxygens (including phenoxy) is 2. The lowest BCUT2D eigenvalue weighted by Crippen LogP contribution is -2.44. The molecule has 6 rings (SSSR count). The first-order valence-corrected chi connectivity index (χ1v) is 23.9. The summed E-state index contributed by atoms with van der Waals surface area (Å²) in [5.41, 5.74) is -8.01. The lowest BCUT2D eigenvalue weighted by atomic mass is 9.99. The van der Waals surface area contributed by atoms with Crippen LogP contribution in [0, 0.1) is 36.5 Å². The van der Waals surface area contributed by atoms with Crippen LogP contribution in [-0.4, -0.2) is 68.3 Å². The molecule has 4 aromatic rings. The quantitative estimate of drug-likeness (QED) is 0.125. The Labute approximate surface area is 370 Å². The summed E-state index contributed by atoms with van der Waals surface area (Å²) >= 11 is 15.2. The van der Waals surface area contributed by atoms with E-state index in [1.54, 1.807) is 47.7 Å². The standard InChI is InChI=1S/C18H17ClF3N3O3S2.C17H18ClN3OS.CClF3O2S/c1-11-16(10-28-14-3-2-13(9-23)15(19)8-14)29-17(24-11)12-4-6-25(7-5-12)30(26,27)18(20,21)22;1-11-16(23-17(21-11)12-4-6-20-7-5-12)10-22-14-3-2-13(9-19)15(18)8-14;2-8(6,7)1(3,4)5/h2-3,8,12H,4-7,10H2,1H3;2-3,8,12,20H,4-7,10H2,1H3;. The van der Waals surface area contributed by atoms with Crippen LogP contribution in [0.4, 0.5) is 26.3 Å². The van der Waals surface area contributed by atoms with Gasteiger partial charge in [-0.1, -0.05) is 23.2 Å². The molecule has 2 aromatic carbocycles.